The van der Waals surface area contributed by atoms with Crippen LogP contribution < -0.4 is 10.9 Å². The van der Waals surface area contributed by atoms with Gasteiger partial charge in [0.15, 0.2) is 28.8 Å². The summed E-state index contributed by atoms with van der Waals surface area (Å²) in [4.78, 5) is 61.9. The van der Waals surface area contributed by atoms with Crippen molar-refractivity contribution in [3.63, 3.8) is 0 Å². The maximum atomic E-state index is 12.6. The number of nitrogens with one attached hydrogen (secondary N) is 2. The number of hydrogen-bond donors (Lipinski definition) is 4. The van der Waals surface area contributed by atoms with Crippen LogP contribution in [0, 0.1) is 5.92 Å². The average Bonchev–Trinajstić information content (AvgIpc) is 3.61. The van der Waals surface area contributed by atoms with E-state index in [9.17, 15) is 29.4 Å². The number of unbranched alkanes of at least 4 members (excludes halogenated alkanes) is 3. The van der Waals surface area contributed by atoms with Gasteiger partial charge in [-0.2, -0.15) is 4.98 Å². The number of imide groups is 1. The molecule has 0 fully saturated rings. The molecule has 222 valence electrons. The molecule has 4 N–H and O–H groups in total. The summed E-state index contributed by atoms with van der Waals surface area (Å²) >= 11 is 0. The third-order valence-corrected chi connectivity index (χ3v) is 7.14. The zero-order valence-corrected chi connectivity index (χ0v) is 23.2. The molecule has 0 saturated heterocycles. The molecular weight excluding hydrogens is 548 g/mol. The lowest BCUT2D eigenvalue weighted by molar-refractivity contribution is -0.118. The minimum absolute atomic E-state index is 0.00473. The number of aromatic amines is 1. The number of fused-ring (bicyclic) bond motifs is 2. The Morgan fingerprint density at radius 2 is 1.81 bits per heavy atom. The Kier molecular flexibility index (Phi) is 8.36. The van der Waals surface area contributed by atoms with E-state index in [1.807, 2.05) is 0 Å². The molecule has 4 heterocycles. The van der Waals surface area contributed by atoms with Crippen LogP contribution in [0.4, 0.5) is 5.95 Å². The normalized spacial score (nSPS) is 18.3. The first kappa shape index (κ1) is 29.0. The molecule has 3 amide bonds. The Morgan fingerprint density at radius 1 is 1.12 bits per heavy atom. The van der Waals surface area contributed by atoms with Gasteiger partial charge in [-0.1, -0.05) is 38.8 Å². The molecule has 5 rings (SSSR count). The van der Waals surface area contributed by atoms with Crippen molar-refractivity contribution in [3.8, 4) is 0 Å². The molecule has 14 nitrogen and oxygen atoms in total. The second-order valence-corrected chi connectivity index (χ2v) is 10.4. The van der Waals surface area contributed by atoms with Crippen molar-refractivity contribution < 1.29 is 34.1 Å². The third-order valence-electron chi connectivity index (χ3n) is 7.14. The van der Waals surface area contributed by atoms with Crippen LogP contribution in [0.15, 0.2) is 46.9 Å². The van der Waals surface area contributed by atoms with Gasteiger partial charge in [-0.15, -0.1) is 0 Å². The van der Waals surface area contributed by atoms with Crippen LogP contribution in [0.5, 0.6) is 0 Å². The molecule has 0 spiro atoms. The van der Waals surface area contributed by atoms with Gasteiger partial charge in [-0.3, -0.25) is 38.9 Å². The quantitative estimate of drug-likeness (QED) is 0.183. The maximum absolute atomic E-state index is 12.6. The van der Waals surface area contributed by atoms with E-state index >= 15 is 0 Å². The molecule has 0 radical (unpaired) electrons. The number of ether oxygens (including phenoxy) is 2. The van der Waals surface area contributed by atoms with Gasteiger partial charge in [0, 0.05) is 19.1 Å². The van der Waals surface area contributed by atoms with E-state index < -0.39 is 24.5 Å². The molecule has 0 aliphatic carbocycles. The van der Waals surface area contributed by atoms with Crippen molar-refractivity contribution in [1.82, 2.24) is 24.4 Å². The third kappa shape index (κ3) is 5.50. The number of amides is 3. The molecular formula is C28H32N6O8. The number of benzene rings is 1. The van der Waals surface area contributed by atoms with E-state index in [1.165, 1.54) is 15.8 Å². The van der Waals surface area contributed by atoms with Crippen LogP contribution in [0.3, 0.4) is 0 Å². The Balaban J connectivity index is 1.18. The lowest BCUT2D eigenvalue weighted by atomic mass is 10.1. The minimum Gasteiger partial charge on any atom is -0.506 e. The van der Waals surface area contributed by atoms with Gasteiger partial charge < -0.3 is 19.7 Å². The Labute approximate surface area is 240 Å². The zero-order chi connectivity index (χ0) is 30.0. The molecule has 42 heavy (non-hydrogen) atoms. The van der Waals surface area contributed by atoms with Crippen molar-refractivity contribution in [1.29, 1.82) is 0 Å². The molecule has 0 saturated carbocycles. The Bertz CT molecular complexity index is 1570. The first-order chi connectivity index (χ1) is 20.2. The van der Waals surface area contributed by atoms with Crippen molar-refractivity contribution in [2.24, 2.45) is 5.92 Å². The average molecular weight is 581 g/mol. The molecule has 14 heteroatoms. The van der Waals surface area contributed by atoms with Gasteiger partial charge in [0.2, 0.25) is 18.1 Å². The van der Waals surface area contributed by atoms with E-state index in [0.29, 0.717) is 30.5 Å². The number of aliphatic hydroxyl groups is 2. The van der Waals surface area contributed by atoms with Crippen molar-refractivity contribution in [2.75, 3.05) is 25.1 Å². The summed E-state index contributed by atoms with van der Waals surface area (Å²) in [5.41, 5.74) is 0.378. The number of aromatic nitrogens is 4. The van der Waals surface area contributed by atoms with E-state index in [2.05, 4.69) is 20.3 Å². The number of carbonyl (C=O) groups is 3. The van der Waals surface area contributed by atoms with E-state index in [4.69, 9.17) is 9.47 Å². The van der Waals surface area contributed by atoms with Crippen molar-refractivity contribution in [3.05, 3.63) is 63.6 Å². The summed E-state index contributed by atoms with van der Waals surface area (Å²) in [6.07, 6.45) is 2.01. The van der Waals surface area contributed by atoms with E-state index in [-0.39, 0.29) is 58.9 Å². The summed E-state index contributed by atoms with van der Waals surface area (Å²) in [6, 6.07) is 6.78. The minimum atomic E-state index is -1.02. The van der Waals surface area contributed by atoms with Crippen LogP contribution in [0.1, 0.15) is 66.5 Å². The van der Waals surface area contributed by atoms with Gasteiger partial charge in [-0.25, -0.2) is 4.98 Å². The van der Waals surface area contributed by atoms with Crippen LogP contribution in [0.25, 0.3) is 11.2 Å². The van der Waals surface area contributed by atoms with Gasteiger partial charge >= 0.3 is 0 Å². The lowest BCUT2D eigenvalue weighted by Gasteiger charge is -2.21. The number of hydrogen-bond acceptors (Lipinski definition) is 10. The summed E-state index contributed by atoms with van der Waals surface area (Å²) < 4.78 is 13.1. The fraction of sp³-hybridized carbons (Fsp3) is 0.429. The summed E-state index contributed by atoms with van der Waals surface area (Å²) in [5.74, 6) is -1.66. The highest BCUT2D eigenvalue weighted by molar-refractivity contribution is 6.21. The predicted molar refractivity (Wildman–Crippen MR) is 148 cm³/mol. The van der Waals surface area contributed by atoms with Crippen LogP contribution >= 0.6 is 0 Å². The number of carbonyl (C=O) groups excluding carboxylic acids is 3. The highest BCUT2D eigenvalue weighted by atomic mass is 16.6. The SMILES string of the molecule is CC(C)C(=O)Nc1nc2c(ncn2[C@@H]2OC(CO)=C(O)C2OCCCCCCN2C(=O)c3ccccc3C2=O)c(=O)[nH]1. The molecule has 2 aliphatic heterocycles. The first-order valence-electron chi connectivity index (χ1n) is 13.7. The number of rotatable bonds is 12. The largest absolute Gasteiger partial charge is 0.506 e. The molecule has 2 aliphatic rings. The Hall–Kier alpha value is -4.56. The summed E-state index contributed by atoms with van der Waals surface area (Å²) in [7, 11) is 0. The first-order valence-corrected chi connectivity index (χ1v) is 13.7. The molecule has 1 unspecified atom stereocenters. The lowest BCUT2D eigenvalue weighted by Crippen LogP contribution is -2.30. The number of imidazole rings is 1. The van der Waals surface area contributed by atoms with Crippen LogP contribution in [-0.4, -0.2) is 78.2 Å². The molecule has 3 aromatic rings. The number of nitrogens with zero attached hydrogens (tertiary/aromatic N) is 4. The highest BCUT2D eigenvalue weighted by Gasteiger charge is 2.40. The van der Waals surface area contributed by atoms with E-state index in [0.717, 1.165) is 12.8 Å². The maximum Gasteiger partial charge on any atom is 0.280 e. The number of aliphatic hydroxyl groups excluding tert-OH is 2. The van der Waals surface area contributed by atoms with Gasteiger partial charge in [0.05, 0.1) is 11.1 Å². The number of anilines is 1. The zero-order valence-electron chi connectivity index (χ0n) is 23.2. The molecule has 1 aromatic carbocycles. The number of H-pyrrole nitrogens is 1. The van der Waals surface area contributed by atoms with Crippen LogP contribution in [0.2, 0.25) is 0 Å². The highest BCUT2D eigenvalue weighted by Crippen LogP contribution is 2.35. The van der Waals surface area contributed by atoms with Crippen LogP contribution in [-0.2, 0) is 14.3 Å². The van der Waals surface area contributed by atoms with Gasteiger partial charge in [-0.05, 0) is 25.0 Å². The topological polar surface area (TPSA) is 189 Å². The Morgan fingerprint density at radius 3 is 2.48 bits per heavy atom. The second-order valence-electron chi connectivity index (χ2n) is 10.4. The smallest absolute Gasteiger partial charge is 0.280 e. The molecule has 0 bridgehead atoms. The van der Waals surface area contributed by atoms with E-state index in [1.54, 1.807) is 38.1 Å². The molecule has 2 atom stereocenters. The second kappa shape index (κ2) is 12.1. The van der Waals surface area contributed by atoms with Gasteiger partial charge in [0.1, 0.15) is 12.9 Å². The van der Waals surface area contributed by atoms with Crippen molar-refractivity contribution in [2.45, 2.75) is 51.9 Å². The molecule has 2 aromatic heterocycles. The standard InChI is InChI=1S/C28H32N6O8/c1-15(2)23(37)31-28-30-22-19(24(38)32-28)29-14-34(22)27-21(20(36)18(13-35)42-27)41-12-8-4-3-7-11-33-25(39)16-9-5-6-10-17(16)26(33)40/h5-6,9-10,14-15,21,27,35-36H,3-4,7-8,11-13H2,1-2H3,(H2,30,31,32,37,38)/t21?,27-/m1/s1. The fourth-order valence-corrected chi connectivity index (χ4v) is 4.85. The van der Waals surface area contributed by atoms with Crippen molar-refractivity contribution >= 4 is 34.8 Å². The fourth-order valence-electron chi connectivity index (χ4n) is 4.85. The predicted octanol–water partition coefficient (Wildman–Crippen LogP) is 2.25. The summed E-state index contributed by atoms with van der Waals surface area (Å²) in [6.45, 7) is 3.38. The summed E-state index contributed by atoms with van der Waals surface area (Å²) in [5, 5.41) is 22.9. The monoisotopic (exact) mass is 580 g/mol. The van der Waals surface area contributed by atoms with Gasteiger partial charge in [0.25, 0.3) is 17.4 Å².